The van der Waals surface area contributed by atoms with Crippen LogP contribution in [-0.2, 0) is 6.54 Å². The van der Waals surface area contributed by atoms with Crippen LogP contribution in [0, 0.1) is 5.41 Å². The molecule has 110 valence electrons. The molecule has 2 rings (SSSR count). The van der Waals surface area contributed by atoms with Gasteiger partial charge < -0.3 is 9.73 Å². The van der Waals surface area contributed by atoms with Gasteiger partial charge in [-0.25, -0.2) is 4.79 Å². The molecule has 0 saturated heterocycles. The molecule has 0 aliphatic heterocycles. The maximum atomic E-state index is 11.8. The molecule has 2 aromatic rings. The van der Waals surface area contributed by atoms with Crippen molar-refractivity contribution >= 4 is 11.1 Å². The van der Waals surface area contributed by atoms with Crippen LogP contribution in [0.1, 0.15) is 45.7 Å². The molecule has 4 heteroatoms. The average molecular weight is 276 g/mol. The monoisotopic (exact) mass is 276 g/mol. The van der Waals surface area contributed by atoms with Gasteiger partial charge in [0.1, 0.15) is 0 Å². The van der Waals surface area contributed by atoms with Gasteiger partial charge >= 0.3 is 5.76 Å². The Balaban J connectivity index is 2.54. The van der Waals surface area contributed by atoms with Crippen LogP contribution in [0.3, 0.4) is 0 Å². The quantitative estimate of drug-likeness (QED) is 0.911. The Labute approximate surface area is 119 Å². The van der Waals surface area contributed by atoms with Crippen LogP contribution in [0.5, 0.6) is 0 Å². The summed E-state index contributed by atoms with van der Waals surface area (Å²) in [4.78, 5) is 11.8. The molecule has 0 radical (unpaired) electrons. The predicted molar refractivity (Wildman–Crippen MR) is 82.0 cm³/mol. The fraction of sp³-hybridized carbons (Fsp3) is 0.562. The average Bonchev–Trinajstić information content (AvgIpc) is 2.73. The summed E-state index contributed by atoms with van der Waals surface area (Å²) in [6.45, 7) is 9.25. The molecule has 1 N–H and O–H groups in total. The number of nitrogens with zero attached hydrogens (tertiary/aromatic N) is 1. The van der Waals surface area contributed by atoms with E-state index in [2.05, 4.69) is 32.2 Å². The van der Waals surface area contributed by atoms with E-state index in [0.29, 0.717) is 12.1 Å². The number of aromatic nitrogens is 1. The minimum atomic E-state index is -0.282. The first-order valence-corrected chi connectivity index (χ1v) is 7.25. The van der Waals surface area contributed by atoms with E-state index < -0.39 is 0 Å². The summed E-state index contributed by atoms with van der Waals surface area (Å²) in [7, 11) is 1.97. The molecule has 0 saturated carbocycles. The zero-order chi connectivity index (χ0) is 14.9. The molecule has 4 nitrogen and oxygen atoms in total. The van der Waals surface area contributed by atoms with Gasteiger partial charge in [-0.1, -0.05) is 26.8 Å². The van der Waals surface area contributed by atoms with Crippen molar-refractivity contribution in [2.24, 2.45) is 5.41 Å². The van der Waals surface area contributed by atoms with E-state index in [9.17, 15) is 4.79 Å². The summed E-state index contributed by atoms with van der Waals surface area (Å²) >= 11 is 0. The molecular weight excluding hydrogens is 252 g/mol. The lowest BCUT2D eigenvalue weighted by Crippen LogP contribution is -2.31. The van der Waals surface area contributed by atoms with E-state index in [-0.39, 0.29) is 17.2 Å². The van der Waals surface area contributed by atoms with Crippen molar-refractivity contribution < 1.29 is 4.42 Å². The predicted octanol–water partition coefficient (Wildman–Crippen LogP) is 3.31. The molecule has 0 aliphatic rings. The van der Waals surface area contributed by atoms with Crippen molar-refractivity contribution in [3.63, 3.8) is 0 Å². The summed E-state index contributed by atoms with van der Waals surface area (Å²) in [6.07, 6.45) is 1.07. The third-order valence-corrected chi connectivity index (χ3v) is 4.32. The van der Waals surface area contributed by atoms with Gasteiger partial charge in [0.2, 0.25) is 0 Å². The van der Waals surface area contributed by atoms with Gasteiger partial charge in [0.15, 0.2) is 5.58 Å². The fourth-order valence-corrected chi connectivity index (χ4v) is 2.77. The Morgan fingerprint density at radius 1 is 1.35 bits per heavy atom. The van der Waals surface area contributed by atoms with Crippen LogP contribution < -0.4 is 11.1 Å². The molecule has 0 fully saturated rings. The highest BCUT2D eigenvalue weighted by molar-refractivity contribution is 5.74. The Hall–Kier alpha value is -1.55. The van der Waals surface area contributed by atoms with Crippen molar-refractivity contribution in [3.05, 3.63) is 34.3 Å². The largest absolute Gasteiger partial charge is 0.419 e. The molecule has 1 aromatic carbocycles. The fourth-order valence-electron chi connectivity index (χ4n) is 2.77. The van der Waals surface area contributed by atoms with E-state index in [1.165, 1.54) is 0 Å². The number of fused-ring (bicyclic) bond motifs is 1. The summed E-state index contributed by atoms with van der Waals surface area (Å²) in [5.74, 6) is -0.282. The molecule has 1 unspecified atom stereocenters. The Morgan fingerprint density at radius 3 is 2.60 bits per heavy atom. The summed E-state index contributed by atoms with van der Waals surface area (Å²) in [5.41, 5.74) is 2.83. The lowest BCUT2D eigenvalue weighted by molar-refractivity contribution is 0.245. The lowest BCUT2D eigenvalue weighted by Gasteiger charge is -2.33. The van der Waals surface area contributed by atoms with E-state index in [1.54, 1.807) is 4.57 Å². The molecule has 20 heavy (non-hydrogen) atoms. The van der Waals surface area contributed by atoms with Crippen molar-refractivity contribution in [2.45, 2.75) is 46.7 Å². The zero-order valence-electron chi connectivity index (χ0n) is 13.0. The van der Waals surface area contributed by atoms with Gasteiger partial charge in [-0.05, 0) is 43.5 Å². The Kier molecular flexibility index (Phi) is 4.04. The molecule has 1 aromatic heterocycles. The molecule has 0 amide bonds. The van der Waals surface area contributed by atoms with Crippen LogP contribution in [0.2, 0.25) is 0 Å². The maximum absolute atomic E-state index is 11.8. The van der Waals surface area contributed by atoms with E-state index in [4.69, 9.17) is 4.42 Å². The zero-order valence-corrected chi connectivity index (χ0v) is 13.0. The van der Waals surface area contributed by atoms with Crippen molar-refractivity contribution in [3.8, 4) is 0 Å². The minimum Gasteiger partial charge on any atom is -0.408 e. The first-order chi connectivity index (χ1) is 9.44. The lowest BCUT2D eigenvalue weighted by atomic mass is 9.78. The second-order valence-corrected chi connectivity index (χ2v) is 5.90. The second kappa shape index (κ2) is 5.44. The standard InChI is InChI=1S/C16H24N2O2/c1-6-16(3,4)14(17-5)11-8-9-12-13(10-11)20-15(19)18(12)7-2/h8-10,14,17H,6-7H2,1-5H3. The van der Waals surface area contributed by atoms with Crippen molar-refractivity contribution in [1.82, 2.24) is 9.88 Å². The van der Waals surface area contributed by atoms with Crippen molar-refractivity contribution in [2.75, 3.05) is 7.05 Å². The van der Waals surface area contributed by atoms with Gasteiger partial charge in [-0.3, -0.25) is 4.57 Å². The number of hydrogen-bond acceptors (Lipinski definition) is 3. The third-order valence-electron chi connectivity index (χ3n) is 4.32. The summed E-state index contributed by atoms with van der Waals surface area (Å²) < 4.78 is 7.00. The molecule has 1 heterocycles. The van der Waals surface area contributed by atoms with Gasteiger partial charge in [-0.2, -0.15) is 0 Å². The smallest absolute Gasteiger partial charge is 0.408 e. The van der Waals surface area contributed by atoms with Crippen LogP contribution >= 0.6 is 0 Å². The highest BCUT2D eigenvalue weighted by atomic mass is 16.4. The number of nitrogens with one attached hydrogen (secondary N) is 1. The van der Waals surface area contributed by atoms with Crippen LogP contribution in [0.4, 0.5) is 0 Å². The van der Waals surface area contributed by atoms with Gasteiger partial charge in [0.25, 0.3) is 0 Å². The first-order valence-electron chi connectivity index (χ1n) is 7.25. The Morgan fingerprint density at radius 2 is 2.05 bits per heavy atom. The van der Waals surface area contributed by atoms with E-state index >= 15 is 0 Å². The van der Waals surface area contributed by atoms with Crippen LogP contribution in [-0.4, -0.2) is 11.6 Å². The summed E-state index contributed by atoms with van der Waals surface area (Å²) in [6, 6.07) is 6.28. The number of hydrogen-bond donors (Lipinski definition) is 1. The Bertz CT molecular complexity index is 652. The van der Waals surface area contributed by atoms with Crippen molar-refractivity contribution in [1.29, 1.82) is 0 Å². The van der Waals surface area contributed by atoms with Crippen LogP contribution in [0.15, 0.2) is 27.4 Å². The molecular formula is C16H24N2O2. The topological polar surface area (TPSA) is 47.2 Å². The third kappa shape index (κ3) is 2.40. The highest BCUT2D eigenvalue weighted by Gasteiger charge is 2.28. The second-order valence-electron chi connectivity index (χ2n) is 5.90. The van der Waals surface area contributed by atoms with E-state index in [1.807, 2.05) is 26.1 Å². The maximum Gasteiger partial charge on any atom is 0.419 e. The molecule has 0 aliphatic carbocycles. The van der Waals surface area contributed by atoms with Gasteiger partial charge in [-0.15, -0.1) is 0 Å². The van der Waals surface area contributed by atoms with E-state index in [0.717, 1.165) is 17.5 Å². The van der Waals surface area contributed by atoms with Crippen LogP contribution in [0.25, 0.3) is 11.1 Å². The number of rotatable bonds is 5. The molecule has 0 bridgehead atoms. The number of oxazole rings is 1. The first kappa shape index (κ1) is 14.9. The number of aryl methyl sites for hydroxylation is 1. The molecule has 0 spiro atoms. The minimum absolute atomic E-state index is 0.135. The van der Waals surface area contributed by atoms with Gasteiger partial charge in [0.05, 0.1) is 5.52 Å². The SMILES string of the molecule is CCn1c(=O)oc2cc(C(NC)C(C)(C)CC)ccc21. The molecule has 1 atom stereocenters. The normalized spacial score (nSPS) is 13.8. The highest BCUT2D eigenvalue weighted by Crippen LogP contribution is 2.36. The van der Waals surface area contributed by atoms with Gasteiger partial charge in [0, 0.05) is 12.6 Å². The number of benzene rings is 1. The summed E-state index contributed by atoms with van der Waals surface area (Å²) in [5, 5.41) is 3.38.